The van der Waals surface area contributed by atoms with E-state index < -0.39 is 5.41 Å². The van der Waals surface area contributed by atoms with Gasteiger partial charge in [-0.3, -0.25) is 0 Å². The maximum Gasteiger partial charge on any atom is 0.160 e. The van der Waals surface area contributed by atoms with Crippen molar-refractivity contribution >= 4 is 10.8 Å². The first-order valence-corrected chi connectivity index (χ1v) is 20.2. The lowest BCUT2D eigenvalue weighted by Gasteiger charge is -2.34. The van der Waals surface area contributed by atoms with Crippen LogP contribution in [0.5, 0.6) is 0 Å². The summed E-state index contributed by atoms with van der Waals surface area (Å²) >= 11 is 0. The molecule has 0 bridgehead atoms. The standard InChI is InChI=1S/C57H38N2/c1-5-17-39(18-6-1)41-29-33-43(34-30-41)52-38-53(59-56(58-52)44-35-31-42(32-36-44)40-19-7-2-8-20-40)50-37-45-21-13-14-26-48(45)55-54(50)49-27-15-16-28-51(49)57(55,46-22-9-3-10-23-46)47-24-11-4-12-25-47/h1-38H. The van der Waals surface area contributed by atoms with Crippen LogP contribution in [-0.2, 0) is 5.41 Å². The van der Waals surface area contributed by atoms with Crippen LogP contribution in [-0.4, -0.2) is 9.97 Å². The second-order valence-corrected chi connectivity index (χ2v) is 15.3. The highest BCUT2D eigenvalue weighted by atomic mass is 14.9. The van der Waals surface area contributed by atoms with E-state index in [0.29, 0.717) is 5.82 Å². The van der Waals surface area contributed by atoms with Crippen LogP contribution in [0.25, 0.3) is 78.1 Å². The summed E-state index contributed by atoms with van der Waals surface area (Å²) in [5.41, 5.74) is 16.4. The van der Waals surface area contributed by atoms with Crippen molar-refractivity contribution in [1.82, 2.24) is 9.97 Å². The Morgan fingerprint density at radius 1 is 0.322 bits per heavy atom. The minimum absolute atomic E-state index is 0.566. The number of rotatable bonds is 7. The fourth-order valence-electron chi connectivity index (χ4n) is 9.29. The first-order chi connectivity index (χ1) is 29.3. The van der Waals surface area contributed by atoms with Gasteiger partial charge in [0.15, 0.2) is 5.82 Å². The summed E-state index contributed by atoms with van der Waals surface area (Å²) in [6.45, 7) is 0. The molecule has 0 aliphatic heterocycles. The predicted octanol–water partition coefficient (Wildman–Crippen LogP) is 14.3. The van der Waals surface area contributed by atoms with Crippen LogP contribution in [0.4, 0.5) is 0 Å². The molecule has 59 heavy (non-hydrogen) atoms. The van der Waals surface area contributed by atoms with Crippen LogP contribution in [0, 0.1) is 0 Å². The maximum absolute atomic E-state index is 5.51. The Hall–Kier alpha value is -7.68. The SMILES string of the molecule is c1ccc(-c2ccc(-c3cc(-c4cc5ccccc5c5c4-c4ccccc4C5(c4ccccc4)c4ccccc4)nc(-c4ccc(-c5ccccc5)cc4)n3)cc2)cc1. The lowest BCUT2D eigenvalue weighted by Crippen LogP contribution is -2.28. The zero-order chi connectivity index (χ0) is 39.2. The summed E-state index contributed by atoms with van der Waals surface area (Å²) < 4.78 is 0. The minimum atomic E-state index is -0.566. The third-order valence-electron chi connectivity index (χ3n) is 12.0. The molecule has 0 atom stereocenters. The Bertz CT molecular complexity index is 2960. The second-order valence-electron chi connectivity index (χ2n) is 15.3. The summed E-state index contributed by atoms with van der Waals surface area (Å²) in [6, 6.07) is 82.9. The summed E-state index contributed by atoms with van der Waals surface area (Å²) in [5, 5.41) is 2.41. The molecule has 1 aliphatic rings. The number of hydrogen-bond donors (Lipinski definition) is 0. The summed E-state index contributed by atoms with van der Waals surface area (Å²) in [6.07, 6.45) is 0. The molecule has 0 spiro atoms. The van der Waals surface area contributed by atoms with E-state index in [2.05, 4.69) is 231 Å². The van der Waals surface area contributed by atoms with Gasteiger partial charge >= 0.3 is 0 Å². The van der Waals surface area contributed by atoms with Gasteiger partial charge in [-0.1, -0.05) is 218 Å². The second kappa shape index (κ2) is 14.4. The maximum atomic E-state index is 5.51. The topological polar surface area (TPSA) is 25.8 Å². The molecule has 10 aromatic rings. The first-order valence-electron chi connectivity index (χ1n) is 20.2. The van der Waals surface area contributed by atoms with Crippen LogP contribution >= 0.6 is 0 Å². The van der Waals surface area contributed by atoms with Crippen molar-refractivity contribution < 1.29 is 0 Å². The molecule has 0 radical (unpaired) electrons. The van der Waals surface area contributed by atoms with E-state index in [0.717, 1.165) is 33.6 Å². The lowest BCUT2D eigenvalue weighted by atomic mass is 9.66. The molecule has 1 heterocycles. The van der Waals surface area contributed by atoms with E-state index in [1.165, 1.54) is 60.8 Å². The minimum Gasteiger partial charge on any atom is -0.228 e. The van der Waals surface area contributed by atoms with Crippen molar-refractivity contribution in [2.45, 2.75) is 5.41 Å². The number of aromatic nitrogens is 2. The average molecular weight is 751 g/mol. The third-order valence-corrected chi connectivity index (χ3v) is 12.0. The Labute approximate surface area is 344 Å². The third kappa shape index (κ3) is 5.80. The Morgan fingerprint density at radius 3 is 1.39 bits per heavy atom. The van der Waals surface area contributed by atoms with E-state index in [1.807, 2.05) is 0 Å². The lowest BCUT2D eigenvalue weighted by molar-refractivity contribution is 0.775. The summed E-state index contributed by atoms with van der Waals surface area (Å²) in [5.74, 6) is 0.690. The molecule has 0 fully saturated rings. The van der Waals surface area contributed by atoms with E-state index in [4.69, 9.17) is 9.97 Å². The molecule has 276 valence electrons. The molecule has 2 nitrogen and oxygen atoms in total. The molecule has 2 heteroatoms. The van der Waals surface area contributed by atoms with E-state index in [9.17, 15) is 0 Å². The van der Waals surface area contributed by atoms with Gasteiger partial charge in [-0.25, -0.2) is 9.97 Å². The Kier molecular flexibility index (Phi) is 8.41. The number of fused-ring (bicyclic) bond motifs is 5. The van der Waals surface area contributed by atoms with Gasteiger partial charge in [0.2, 0.25) is 0 Å². The summed E-state index contributed by atoms with van der Waals surface area (Å²) in [7, 11) is 0. The fourth-order valence-corrected chi connectivity index (χ4v) is 9.29. The van der Waals surface area contributed by atoms with Crippen LogP contribution in [0.1, 0.15) is 22.3 Å². The summed E-state index contributed by atoms with van der Waals surface area (Å²) in [4.78, 5) is 10.8. The smallest absolute Gasteiger partial charge is 0.160 e. The molecule has 0 saturated carbocycles. The molecular weight excluding hydrogens is 713 g/mol. The van der Waals surface area contributed by atoms with Crippen molar-refractivity contribution in [2.24, 2.45) is 0 Å². The molecule has 1 aromatic heterocycles. The molecule has 9 aromatic carbocycles. The van der Waals surface area contributed by atoms with Gasteiger partial charge in [0.1, 0.15) is 0 Å². The molecule has 0 saturated heterocycles. The number of benzene rings is 9. The zero-order valence-electron chi connectivity index (χ0n) is 32.3. The highest BCUT2D eigenvalue weighted by Crippen LogP contribution is 2.60. The Balaban J connectivity index is 1.19. The monoisotopic (exact) mass is 750 g/mol. The molecule has 0 amide bonds. The van der Waals surface area contributed by atoms with Gasteiger partial charge in [0.25, 0.3) is 0 Å². The normalized spacial score (nSPS) is 12.5. The largest absolute Gasteiger partial charge is 0.228 e. The highest BCUT2D eigenvalue weighted by Gasteiger charge is 2.48. The fraction of sp³-hybridized carbons (Fsp3) is 0.0175. The molecular formula is C57H38N2. The van der Waals surface area contributed by atoms with Crippen molar-refractivity contribution in [1.29, 1.82) is 0 Å². The van der Waals surface area contributed by atoms with Gasteiger partial charge in [-0.2, -0.15) is 0 Å². The van der Waals surface area contributed by atoms with Crippen LogP contribution in [0.3, 0.4) is 0 Å². The number of hydrogen-bond acceptors (Lipinski definition) is 2. The first kappa shape index (κ1) is 34.6. The van der Waals surface area contributed by atoms with E-state index in [1.54, 1.807) is 0 Å². The highest BCUT2D eigenvalue weighted by molar-refractivity contribution is 6.06. The number of nitrogens with zero attached hydrogens (tertiary/aromatic N) is 2. The van der Waals surface area contributed by atoms with Gasteiger partial charge in [0.05, 0.1) is 16.8 Å². The van der Waals surface area contributed by atoms with Gasteiger partial charge in [-0.15, -0.1) is 0 Å². The average Bonchev–Trinajstić information content (AvgIpc) is 3.65. The van der Waals surface area contributed by atoms with Gasteiger partial charge in [0, 0.05) is 16.7 Å². The quantitative estimate of drug-likeness (QED) is 0.162. The van der Waals surface area contributed by atoms with Crippen molar-refractivity contribution in [3.63, 3.8) is 0 Å². The Morgan fingerprint density at radius 2 is 0.780 bits per heavy atom. The zero-order valence-corrected chi connectivity index (χ0v) is 32.3. The predicted molar refractivity (Wildman–Crippen MR) is 244 cm³/mol. The van der Waals surface area contributed by atoms with Crippen molar-refractivity contribution in [3.8, 4) is 67.3 Å². The van der Waals surface area contributed by atoms with Crippen molar-refractivity contribution in [3.05, 3.63) is 253 Å². The van der Waals surface area contributed by atoms with Crippen LogP contribution in [0.15, 0.2) is 231 Å². The van der Waals surface area contributed by atoms with E-state index >= 15 is 0 Å². The molecule has 0 unspecified atom stereocenters. The van der Waals surface area contributed by atoms with Gasteiger partial charge in [-0.05, 0) is 78.5 Å². The van der Waals surface area contributed by atoms with E-state index in [-0.39, 0.29) is 0 Å². The van der Waals surface area contributed by atoms with Crippen LogP contribution < -0.4 is 0 Å². The molecule has 11 rings (SSSR count). The van der Waals surface area contributed by atoms with Crippen molar-refractivity contribution in [2.75, 3.05) is 0 Å². The molecule has 1 aliphatic carbocycles. The van der Waals surface area contributed by atoms with Gasteiger partial charge < -0.3 is 0 Å². The van der Waals surface area contributed by atoms with Crippen LogP contribution in [0.2, 0.25) is 0 Å². The molecule has 0 N–H and O–H groups in total.